The first-order chi connectivity index (χ1) is 5.78. The van der Waals surface area contributed by atoms with E-state index in [0.29, 0.717) is 0 Å². The molecule has 0 aromatic heterocycles. The molecule has 0 radical (unpaired) electrons. The fourth-order valence-corrected chi connectivity index (χ4v) is 0.724. The van der Waals surface area contributed by atoms with Crippen molar-refractivity contribution >= 4 is 6.09 Å². The van der Waals surface area contributed by atoms with Gasteiger partial charge in [-0.15, -0.1) is 0 Å². The SMILES string of the molecule is C#CN(C(=O)OC(C)(C)C)C(C)C. The molecule has 0 heterocycles. The Bertz CT molecular complexity index is 220. The van der Waals surface area contributed by atoms with Gasteiger partial charge in [-0.1, -0.05) is 6.42 Å². The molecule has 0 saturated heterocycles. The predicted octanol–water partition coefficient (Wildman–Crippen LogP) is 2.22. The Morgan fingerprint density at radius 2 is 1.92 bits per heavy atom. The van der Waals surface area contributed by atoms with Gasteiger partial charge in [-0.2, -0.15) is 0 Å². The number of terminal acetylenes is 1. The van der Waals surface area contributed by atoms with Crippen LogP contribution in [-0.2, 0) is 4.74 Å². The Morgan fingerprint density at radius 3 is 2.15 bits per heavy atom. The lowest BCUT2D eigenvalue weighted by Gasteiger charge is -2.25. The van der Waals surface area contributed by atoms with Crippen LogP contribution in [0, 0.1) is 12.5 Å². The highest BCUT2D eigenvalue weighted by atomic mass is 16.6. The van der Waals surface area contributed by atoms with Crippen molar-refractivity contribution in [1.29, 1.82) is 0 Å². The Kier molecular flexibility index (Phi) is 3.80. The second kappa shape index (κ2) is 4.18. The van der Waals surface area contributed by atoms with E-state index >= 15 is 0 Å². The van der Waals surface area contributed by atoms with E-state index < -0.39 is 11.7 Å². The number of carbonyl (C=O) groups excluding carboxylic acids is 1. The normalized spacial score (nSPS) is 10.8. The molecule has 3 nitrogen and oxygen atoms in total. The summed E-state index contributed by atoms with van der Waals surface area (Å²) in [5, 5.41) is 0. The van der Waals surface area contributed by atoms with Gasteiger partial charge in [0.1, 0.15) is 5.60 Å². The number of amides is 1. The Balaban J connectivity index is 4.35. The molecule has 0 N–H and O–H groups in total. The number of nitrogens with zero attached hydrogens (tertiary/aromatic N) is 1. The van der Waals surface area contributed by atoms with Gasteiger partial charge in [0.15, 0.2) is 0 Å². The lowest BCUT2D eigenvalue weighted by atomic mass is 10.2. The van der Waals surface area contributed by atoms with E-state index in [2.05, 4.69) is 6.04 Å². The van der Waals surface area contributed by atoms with Crippen LogP contribution in [0.2, 0.25) is 0 Å². The van der Waals surface area contributed by atoms with Crippen molar-refractivity contribution in [3.05, 3.63) is 0 Å². The summed E-state index contributed by atoms with van der Waals surface area (Å²) in [5.74, 6) is 0. The summed E-state index contributed by atoms with van der Waals surface area (Å²) in [6.07, 6.45) is 4.70. The molecule has 0 spiro atoms. The number of rotatable bonds is 1. The molecule has 0 aliphatic rings. The van der Waals surface area contributed by atoms with Crippen molar-refractivity contribution in [2.24, 2.45) is 0 Å². The minimum absolute atomic E-state index is 0.0418. The molecule has 3 heteroatoms. The van der Waals surface area contributed by atoms with Gasteiger partial charge >= 0.3 is 6.09 Å². The molecule has 0 unspecified atom stereocenters. The average molecular weight is 183 g/mol. The number of hydrogen-bond acceptors (Lipinski definition) is 2. The quantitative estimate of drug-likeness (QED) is 0.461. The number of carbonyl (C=O) groups is 1. The highest BCUT2D eigenvalue weighted by Gasteiger charge is 2.22. The first-order valence-corrected chi connectivity index (χ1v) is 4.26. The lowest BCUT2D eigenvalue weighted by Crippen LogP contribution is -2.37. The van der Waals surface area contributed by atoms with Crippen molar-refractivity contribution in [3.8, 4) is 12.5 Å². The predicted molar refractivity (Wildman–Crippen MR) is 52.0 cm³/mol. The number of ether oxygens (including phenoxy) is 1. The third-order valence-electron chi connectivity index (χ3n) is 1.25. The van der Waals surface area contributed by atoms with Gasteiger partial charge < -0.3 is 4.74 Å². The lowest BCUT2D eigenvalue weighted by molar-refractivity contribution is 0.0312. The molecule has 0 aliphatic heterocycles. The minimum atomic E-state index is -0.499. The smallest absolute Gasteiger partial charge is 0.422 e. The van der Waals surface area contributed by atoms with Gasteiger partial charge in [0.05, 0.1) is 0 Å². The molecular formula is C10H17NO2. The van der Waals surface area contributed by atoms with Crippen molar-refractivity contribution in [2.45, 2.75) is 46.3 Å². The Hall–Kier alpha value is -1.17. The largest absolute Gasteiger partial charge is 0.443 e. The molecule has 0 fully saturated rings. The van der Waals surface area contributed by atoms with Crippen LogP contribution in [0.25, 0.3) is 0 Å². The topological polar surface area (TPSA) is 29.5 Å². The summed E-state index contributed by atoms with van der Waals surface area (Å²) in [4.78, 5) is 12.6. The Labute approximate surface area is 80.1 Å². The standard InChI is InChI=1S/C10H17NO2/c1-7-11(8(2)3)9(12)13-10(4,5)6/h1,8H,2-6H3. The van der Waals surface area contributed by atoms with E-state index in [1.165, 1.54) is 4.90 Å². The summed E-state index contributed by atoms with van der Waals surface area (Å²) >= 11 is 0. The number of hydrogen-bond donors (Lipinski definition) is 0. The first kappa shape index (κ1) is 11.8. The molecule has 0 saturated carbocycles. The summed E-state index contributed by atoms with van der Waals surface area (Å²) in [5.41, 5.74) is -0.499. The molecule has 0 aliphatic carbocycles. The maximum absolute atomic E-state index is 11.4. The second-order valence-electron chi connectivity index (χ2n) is 4.07. The van der Waals surface area contributed by atoms with Crippen LogP contribution in [0.4, 0.5) is 4.79 Å². The van der Waals surface area contributed by atoms with E-state index in [1.807, 2.05) is 13.8 Å². The van der Waals surface area contributed by atoms with Gasteiger partial charge in [0.25, 0.3) is 0 Å². The average Bonchev–Trinajstić information content (AvgIpc) is 1.82. The van der Waals surface area contributed by atoms with Crippen molar-refractivity contribution in [3.63, 3.8) is 0 Å². The first-order valence-electron chi connectivity index (χ1n) is 4.26. The van der Waals surface area contributed by atoms with Gasteiger partial charge in [0.2, 0.25) is 0 Å². The third kappa shape index (κ3) is 4.41. The zero-order chi connectivity index (χ0) is 10.6. The van der Waals surface area contributed by atoms with Gasteiger partial charge in [-0.3, -0.25) is 0 Å². The molecule has 1 amide bonds. The highest BCUT2D eigenvalue weighted by Crippen LogP contribution is 2.10. The van der Waals surface area contributed by atoms with Crippen LogP contribution in [0.5, 0.6) is 0 Å². The van der Waals surface area contributed by atoms with Crippen LogP contribution >= 0.6 is 0 Å². The fourth-order valence-electron chi connectivity index (χ4n) is 0.724. The highest BCUT2D eigenvalue weighted by molar-refractivity contribution is 5.70. The molecule has 74 valence electrons. The van der Waals surface area contributed by atoms with Gasteiger partial charge in [0, 0.05) is 12.1 Å². The zero-order valence-corrected chi connectivity index (χ0v) is 8.92. The zero-order valence-electron chi connectivity index (χ0n) is 8.92. The van der Waals surface area contributed by atoms with E-state index in [9.17, 15) is 4.79 Å². The van der Waals surface area contributed by atoms with E-state index in [0.717, 1.165) is 0 Å². The summed E-state index contributed by atoms with van der Waals surface area (Å²) in [6.45, 7) is 9.09. The monoisotopic (exact) mass is 183 g/mol. The summed E-state index contributed by atoms with van der Waals surface area (Å²) < 4.78 is 5.10. The molecule has 13 heavy (non-hydrogen) atoms. The minimum Gasteiger partial charge on any atom is -0.443 e. The van der Waals surface area contributed by atoms with Crippen molar-refractivity contribution < 1.29 is 9.53 Å². The third-order valence-corrected chi connectivity index (χ3v) is 1.25. The van der Waals surface area contributed by atoms with Crippen LogP contribution in [0.15, 0.2) is 0 Å². The molecule has 0 rings (SSSR count). The fraction of sp³-hybridized carbons (Fsp3) is 0.700. The summed E-state index contributed by atoms with van der Waals surface area (Å²) in [7, 11) is 0. The molecule has 0 aromatic rings. The van der Waals surface area contributed by atoms with Crippen molar-refractivity contribution in [2.75, 3.05) is 0 Å². The van der Waals surface area contributed by atoms with Crippen molar-refractivity contribution in [1.82, 2.24) is 4.90 Å². The van der Waals surface area contributed by atoms with E-state index in [-0.39, 0.29) is 6.04 Å². The second-order valence-corrected chi connectivity index (χ2v) is 4.07. The summed E-state index contributed by atoms with van der Waals surface area (Å²) in [6, 6.07) is 2.24. The maximum atomic E-state index is 11.4. The molecule has 0 bridgehead atoms. The van der Waals surface area contributed by atoms with E-state index in [4.69, 9.17) is 11.2 Å². The maximum Gasteiger partial charge on any atom is 0.422 e. The molecule has 0 atom stereocenters. The van der Waals surface area contributed by atoms with Gasteiger partial charge in [-0.05, 0) is 34.6 Å². The molecule has 0 aromatic carbocycles. The van der Waals surface area contributed by atoms with Gasteiger partial charge in [-0.25, -0.2) is 9.69 Å². The van der Waals surface area contributed by atoms with Crippen LogP contribution in [0.1, 0.15) is 34.6 Å². The van der Waals surface area contributed by atoms with Crippen LogP contribution in [0.3, 0.4) is 0 Å². The molecular weight excluding hydrogens is 166 g/mol. The van der Waals surface area contributed by atoms with Crippen LogP contribution in [-0.4, -0.2) is 22.6 Å². The Morgan fingerprint density at radius 1 is 1.46 bits per heavy atom. The van der Waals surface area contributed by atoms with E-state index in [1.54, 1.807) is 20.8 Å². The van der Waals surface area contributed by atoms with Crippen LogP contribution < -0.4 is 0 Å².